The third-order valence-corrected chi connectivity index (χ3v) is 11.7. The number of nitrogens with zero attached hydrogens (tertiary/aromatic N) is 3. The van der Waals surface area contributed by atoms with Gasteiger partial charge in [0.2, 0.25) is 5.91 Å². The van der Waals surface area contributed by atoms with Crippen molar-refractivity contribution in [3.05, 3.63) is 149 Å². The standard InChI is InChI=1S/C45H49FN4O5S.C2HF3O2/c1-55-44-20-15-38(28-41(44)46)43(51)19-21-45(52)50(39-23-26-49(27-24-39)31-34-6-4-3-5-7-34)32-35-8-13-37(14-9-35)42-18-12-36(30-48-42)29-47-25-22-33-10-16-40(17-11-33)56(2,53)54;3-2(4,5)1(6)7/h3-18,20,28,30,39,47H,19,21-27,29,31-32H2,1-2H3;(H,6,7). The van der Waals surface area contributed by atoms with Crippen LogP contribution in [0, 0.1) is 5.82 Å². The number of carbonyl (C=O) groups excluding carboxylic acids is 2. The third kappa shape index (κ3) is 14.8. The number of piperidine rings is 1. The largest absolute Gasteiger partial charge is 0.494 e. The van der Waals surface area contributed by atoms with Crippen molar-refractivity contribution >= 4 is 27.5 Å². The normalized spacial score (nSPS) is 13.4. The van der Waals surface area contributed by atoms with Crippen LogP contribution in [-0.4, -0.2) is 91.2 Å². The predicted octanol–water partition coefficient (Wildman–Crippen LogP) is 7.92. The van der Waals surface area contributed by atoms with Crippen molar-refractivity contribution in [2.24, 2.45) is 0 Å². The lowest BCUT2D eigenvalue weighted by molar-refractivity contribution is -0.192. The van der Waals surface area contributed by atoms with Crippen molar-refractivity contribution in [1.82, 2.24) is 20.1 Å². The molecule has 0 saturated carbocycles. The summed E-state index contributed by atoms with van der Waals surface area (Å²) in [6.07, 6.45) is 0.463. The van der Waals surface area contributed by atoms with Gasteiger partial charge in [0.05, 0.1) is 17.7 Å². The number of aliphatic carboxylic acids is 1. The summed E-state index contributed by atoms with van der Waals surface area (Å²) in [6, 6.07) is 33.7. The van der Waals surface area contributed by atoms with Gasteiger partial charge in [0.15, 0.2) is 27.2 Å². The molecule has 0 spiro atoms. The fraction of sp³-hybridized carbons (Fsp3) is 0.319. The molecule has 1 aliphatic rings. The minimum atomic E-state index is -5.08. The number of rotatable bonds is 17. The molecule has 2 heterocycles. The molecule has 334 valence electrons. The molecule has 0 atom stereocenters. The van der Waals surface area contributed by atoms with E-state index in [-0.39, 0.29) is 41.9 Å². The molecule has 1 amide bonds. The maximum absolute atomic E-state index is 14.3. The first kappa shape index (κ1) is 48.1. The number of ketones is 1. The van der Waals surface area contributed by atoms with E-state index in [1.54, 1.807) is 12.1 Å². The maximum atomic E-state index is 14.3. The first-order chi connectivity index (χ1) is 30.0. The van der Waals surface area contributed by atoms with Crippen molar-refractivity contribution in [2.75, 3.05) is 33.0 Å². The highest BCUT2D eigenvalue weighted by Gasteiger charge is 2.38. The molecule has 1 fully saturated rings. The average molecular weight is 891 g/mol. The van der Waals surface area contributed by atoms with Gasteiger partial charge < -0.3 is 20.1 Å². The molecule has 11 nitrogen and oxygen atoms in total. The van der Waals surface area contributed by atoms with Crippen LogP contribution < -0.4 is 10.1 Å². The van der Waals surface area contributed by atoms with Crippen LogP contribution >= 0.6 is 0 Å². The number of hydrogen-bond donors (Lipinski definition) is 2. The van der Waals surface area contributed by atoms with Gasteiger partial charge in [0.25, 0.3) is 0 Å². The number of alkyl halides is 3. The minimum absolute atomic E-state index is 0.00876. The second kappa shape index (κ2) is 22.4. The minimum Gasteiger partial charge on any atom is -0.494 e. The van der Waals surface area contributed by atoms with Gasteiger partial charge in [0.1, 0.15) is 0 Å². The van der Waals surface area contributed by atoms with Crippen molar-refractivity contribution < 1.29 is 50.2 Å². The van der Waals surface area contributed by atoms with Crippen molar-refractivity contribution in [2.45, 2.75) is 68.9 Å². The lowest BCUT2D eigenvalue weighted by Crippen LogP contribution is -2.47. The Morgan fingerprint density at radius 3 is 2.06 bits per heavy atom. The number of halogens is 4. The number of carboxylic acid groups (broad SMARTS) is 1. The molecular formula is C47H50F4N4O7S. The van der Waals surface area contributed by atoms with Gasteiger partial charge in [-0.3, -0.25) is 19.5 Å². The van der Waals surface area contributed by atoms with E-state index in [1.807, 2.05) is 59.6 Å². The predicted molar refractivity (Wildman–Crippen MR) is 230 cm³/mol. The highest BCUT2D eigenvalue weighted by atomic mass is 32.2. The lowest BCUT2D eigenvalue weighted by Gasteiger charge is -2.39. The van der Waals surface area contributed by atoms with Crippen LogP contribution in [0.15, 0.2) is 120 Å². The molecule has 4 aromatic carbocycles. The fourth-order valence-corrected chi connectivity index (χ4v) is 7.68. The lowest BCUT2D eigenvalue weighted by atomic mass is 9.99. The number of methoxy groups -OCH3 is 1. The van der Waals surface area contributed by atoms with Gasteiger partial charge in [-0.25, -0.2) is 17.6 Å². The summed E-state index contributed by atoms with van der Waals surface area (Å²) in [4.78, 5) is 45.2. The summed E-state index contributed by atoms with van der Waals surface area (Å²) in [6.45, 7) is 4.42. The van der Waals surface area contributed by atoms with E-state index < -0.39 is 27.8 Å². The molecule has 5 aromatic rings. The van der Waals surface area contributed by atoms with Crippen LogP contribution in [0.5, 0.6) is 5.75 Å². The molecule has 63 heavy (non-hydrogen) atoms. The Labute approximate surface area is 364 Å². The second-order valence-corrected chi connectivity index (χ2v) is 17.2. The van der Waals surface area contributed by atoms with Gasteiger partial charge in [-0.15, -0.1) is 0 Å². The summed E-state index contributed by atoms with van der Waals surface area (Å²) >= 11 is 0. The van der Waals surface area contributed by atoms with Gasteiger partial charge >= 0.3 is 12.1 Å². The monoisotopic (exact) mass is 890 g/mol. The number of likely N-dealkylation sites (tertiary alicyclic amines) is 1. The Bertz CT molecular complexity index is 2390. The summed E-state index contributed by atoms with van der Waals surface area (Å²) < 4.78 is 74.4. The second-order valence-electron chi connectivity index (χ2n) is 15.2. The van der Waals surface area contributed by atoms with E-state index >= 15 is 0 Å². The number of aromatic nitrogens is 1. The molecule has 6 rings (SSSR count). The van der Waals surface area contributed by atoms with E-state index in [2.05, 4.69) is 40.5 Å². The number of pyridine rings is 1. The molecule has 1 aromatic heterocycles. The van der Waals surface area contributed by atoms with Gasteiger partial charge in [-0.2, -0.15) is 13.2 Å². The molecular weight excluding hydrogens is 841 g/mol. The van der Waals surface area contributed by atoms with E-state index in [0.717, 1.165) is 73.4 Å². The number of amides is 1. The molecule has 0 bridgehead atoms. The van der Waals surface area contributed by atoms with Crippen LogP contribution in [-0.2, 0) is 45.5 Å². The molecule has 0 aliphatic carbocycles. The highest BCUT2D eigenvalue weighted by molar-refractivity contribution is 7.90. The quantitative estimate of drug-likeness (QED) is 0.0537. The fourth-order valence-electron chi connectivity index (χ4n) is 7.05. The summed E-state index contributed by atoms with van der Waals surface area (Å²) in [5, 5.41) is 10.6. The van der Waals surface area contributed by atoms with E-state index in [4.69, 9.17) is 19.6 Å². The first-order valence-corrected chi connectivity index (χ1v) is 22.2. The van der Waals surface area contributed by atoms with Gasteiger partial charge in [-0.1, -0.05) is 72.8 Å². The smallest absolute Gasteiger partial charge is 0.490 e. The first-order valence-electron chi connectivity index (χ1n) is 20.3. The topological polar surface area (TPSA) is 146 Å². The van der Waals surface area contributed by atoms with Crippen LogP contribution in [0.3, 0.4) is 0 Å². The number of ether oxygens (including phenoxy) is 1. The van der Waals surface area contributed by atoms with Gasteiger partial charge in [0, 0.05) is 75.2 Å². The Hall–Kier alpha value is -5.97. The van der Waals surface area contributed by atoms with E-state index in [1.165, 1.54) is 37.1 Å². The third-order valence-electron chi connectivity index (χ3n) is 10.5. The number of sulfone groups is 1. The van der Waals surface area contributed by atoms with E-state index in [9.17, 15) is 35.6 Å². The van der Waals surface area contributed by atoms with Crippen LogP contribution in [0.2, 0.25) is 0 Å². The average Bonchev–Trinajstić information content (AvgIpc) is 3.27. The zero-order valence-corrected chi connectivity index (χ0v) is 35.8. The Kier molecular flexibility index (Phi) is 17.1. The number of benzene rings is 4. The van der Waals surface area contributed by atoms with Crippen molar-refractivity contribution in [3.63, 3.8) is 0 Å². The molecule has 2 N–H and O–H groups in total. The summed E-state index contributed by atoms with van der Waals surface area (Å²) in [5.41, 5.74) is 6.41. The molecule has 1 aliphatic heterocycles. The summed E-state index contributed by atoms with van der Waals surface area (Å²) in [7, 11) is -1.83. The van der Waals surface area contributed by atoms with Crippen molar-refractivity contribution in [1.29, 1.82) is 0 Å². The number of hydrogen-bond acceptors (Lipinski definition) is 9. The van der Waals surface area contributed by atoms with E-state index in [0.29, 0.717) is 18.0 Å². The number of nitrogens with one attached hydrogen (secondary N) is 1. The number of carboxylic acids is 1. The molecule has 1 saturated heterocycles. The Morgan fingerprint density at radius 1 is 0.857 bits per heavy atom. The van der Waals surface area contributed by atoms with Crippen LogP contribution in [0.4, 0.5) is 17.6 Å². The zero-order valence-electron chi connectivity index (χ0n) is 35.0. The SMILES string of the molecule is COc1ccc(C(=O)CCC(=O)N(Cc2ccc(-c3ccc(CNCCc4ccc(S(C)(=O)=O)cc4)cn3)cc2)C2CCN(Cc3ccccc3)CC2)cc1F.O=C(O)C(F)(F)F. The van der Waals surface area contributed by atoms with Gasteiger partial charge in [-0.05, 0) is 84.5 Å². The zero-order chi connectivity index (χ0) is 45.6. The molecule has 16 heteroatoms. The Balaban J connectivity index is 0.000000985. The molecule has 0 unspecified atom stereocenters. The van der Waals surface area contributed by atoms with Crippen molar-refractivity contribution in [3.8, 4) is 17.0 Å². The number of carbonyl (C=O) groups is 3. The van der Waals surface area contributed by atoms with Crippen LogP contribution in [0.1, 0.15) is 58.3 Å². The number of Topliss-reactive ketones (excluding diaryl/α,β-unsaturated/α-hetero) is 1. The summed E-state index contributed by atoms with van der Waals surface area (Å²) in [5.74, 6) is -3.67. The van der Waals surface area contributed by atoms with Crippen LogP contribution in [0.25, 0.3) is 11.3 Å². The molecule has 0 radical (unpaired) electrons. The highest BCUT2D eigenvalue weighted by Crippen LogP contribution is 2.25. The maximum Gasteiger partial charge on any atom is 0.490 e. The Morgan fingerprint density at radius 2 is 1.49 bits per heavy atom.